The zero-order valence-corrected chi connectivity index (χ0v) is 19.7. The van der Waals surface area contributed by atoms with Crippen molar-refractivity contribution in [2.45, 2.75) is 16.2 Å². The molecule has 1 heterocycles. The first-order valence-corrected chi connectivity index (χ1v) is 13.2. The fraction of sp³-hybridized carbons (Fsp3) is 0.333. The zero-order chi connectivity index (χ0) is 21.7. The Labute approximate surface area is 185 Å². The van der Waals surface area contributed by atoms with Crippen LogP contribution in [-0.2, 0) is 14.6 Å². The van der Waals surface area contributed by atoms with E-state index in [0.717, 1.165) is 15.1 Å². The molecule has 9 heteroatoms. The zero-order valence-electron chi connectivity index (χ0n) is 17.2. The molecule has 0 N–H and O–H groups in total. The Morgan fingerprint density at radius 2 is 1.80 bits per heavy atom. The molecular formula is C21H25N3O3S3. The van der Waals surface area contributed by atoms with E-state index in [1.54, 1.807) is 47.0 Å². The second-order valence-electron chi connectivity index (χ2n) is 7.03. The summed E-state index contributed by atoms with van der Waals surface area (Å²) in [5.41, 5.74) is 0.879. The first-order valence-electron chi connectivity index (χ1n) is 9.48. The number of carbonyl (C=O) groups is 1. The second kappa shape index (κ2) is 9.91. The molecule has 0 saturated heterocycles. The van der Waals surface area contributed by atoms with Crippen LogP contribution in [0.15, 0.2) is 58.3 Å². The number of carbonyl (C=O) groups excluding carboxylic acids is 1. The summed E-state index contributed by atoms with van der Waals surface area (Å²) in [5, 5.41) is 0.607. The predicted molar refractivity (Wildman–Crippen MR) is 125 cm³/mol. The molecule has 0 aliphatic rings. The molecule has 2 aromatic carbocycles. The number of hydrogen-bond donors (Lipinski definition) is 0. The van der Waals surface area contributed by atoms with Crippen LogP contribution in [-0.4, -0.2) is 63.4 Å². The van der Waals surface area contributed by atoms with Crippen molar-refractivity contribution in [3.63, 3.8) is 0 Å². The average Bonchev–Trinajstić information content (AvgIpc) is 3.16. The minimum atomic E-state index is -3.52. The molecule has 0 aliphatic carbocycles. The van der Waals surface area contributed by atoms with Gasteiger partial charge in [-0.3, -0.25) is 9.69 Å². The SMILES string of the molecule is CSc1cccc2sc(N(CCN(C)C)C(=O)CCS(=O)(=O)c3ccccc3)nc12. The van der Waals surface area contributed by atoms with Crippen LogP contribution in [0.25, 0.3) is 10.2 Å². The van der Waals surface area contributed by atoms with Gasteiger partial charge in [0.25, 0.3) is 0 Å². The summed E-state index contributed by atoms with van der Waals surface area (Å²) in [7, 11) is 0.359. The quantitative estimate of drug-likeness (QED) is 0.450. The maximum atomic E-state index is 13.1. The highest BCUT2D eigenvalue weighted by Crippen LogP contribution is 2.34. The molecule has 0 aliphatic heterocycles. The number of likely N-dealkylation sites (N-methyl/N-ethyl adjacent to an activating group) is 1. The van der Waals surface area contributed by atoms with E-state index >= 15 is 0 Å². The smallest absolute Gasteiger partial charge is 0.229 e. The van der Waals surface area contributed by atoms with Crippen molar-refractivity contribution in [1.82, 2.24) is 9.88 Å². The van der Waals surface area contributed by atoms with Gasteiger partial charge in [-0.15, -0.1) is 11.8 Å². The van der Waals surface area contributed by atoms with Gasteiger partial charge in [-0.05, 0) is 44.6 Å². The number of sulfone groups is 1. The van der Waals surface area contributed by atoms with Crippen molar-refractivity contribution in [3.8, 4) is 0 Å². The Balaban J connectivity index is 1.84. The van der Waals surface area contributed by atoms with Gasteiger partial charge in [-0.2, -0.15) is 0 Å². The highest BCUT2D eigenvalue weighted by molar-refractivity contribution is 7.98. The summed E-state index contributed by atoms with van der Waals surface area (Å²) in [4.78, 5) is 22.7. The van der Waals surface area contributed by atoms with Gasteiger partial charge in [0.2, 0.25) is 5.91 Å². The van der Waals surface area contributed by atoms with E-state index < -0.39 is 9.84 Å². The fourth-order valence-electron chi connectivity index (χ4n) is 2.92. The third-order valence-corrected chi connectivity index (χ3v) is 8.13. The molecule has 3 rings (SSSR count). The molecule has 0 fully saturated rings. The Hall–Kier alpha value is -1.94. The Kier molecular flexibility index (Phi) is 7.51. The topological polar surface area (TPSA) is 70.6 Å². The minimum absolute atomic E-state index is 0.0873. The van der Waals surface area contributed by atoms with Gasteiger partial charge < -0.3 is 4.90 Å². The molecule has 1 aromatic heterocycles. The lowest BCUT2D eigenvalue weighted by Crippen LogP contribution is -2.37. The summed E-state index contributed by atoms with van der Waals surface area (Å²) >= 11 is 3.07. The molecule has 0 spiro atoms. The van der Waals surface area contributed by atoms with Crippen molar-refractivity contribution in [2.24, 2.45) is 0 Å². The van der Waals surface area contributed by atoms with Crippen molar-refractivity contribution < 1.29 is 13.2 Å². The molecule has 6 nitrogen and oxygen atoms in total. The number of nitrogens with zero attached hydrogens (tertiary/aromatic N) is 3. The number of thiazole rings is 1. The van der Waals surface area contributed by atoms with Crippen LogP contribution >= 0.6 is 23.1 Å². The second-order valence-corrected chi connectivity index (χ2v) is 11.0. The van der Waals surface area contributed by atoms with E-state index in [2.05, 4.69) is 0 Å². The molecule has 0 bridgehead atoms. The van der Waals surface area contributed by atoms with Crippen molar-refractivity contribution in [3.05, 3.63) is 48.5 Å². The van der Waals surface area contributed by atoms with Gasteiger partial charge in [0.15, 0.2) is 15.0 Å². The van der Waals surface area contributed by atoms with Crippen molar-refractivity contribution >= 4 is 54.2 Å². The van der Waals surface area contributed by atoms with E-state index in [4.69, 9.17) is 4.98 Å². The largest absolute Gasteiger partial charge is 0.308 e. The molecule has 160 valence electrons. The number of anilines is 1. The van der Waals surface area contributed by atoms with E-state index in [0.29, 0.717) is 18.2 Å². The monoisotopic (exact) mass is 463 g/mol. The lowest BCUT2D eigenvalue weighted by molar-refractivity contribution is -0.118. The minimum Gasteiger partial charge on any atom is -0.308 e. The fourth-order valence-corrected chi connectivity index (χ4v) is 5.84. The van der Waals surface area contributed by atoms with Gasteiger partial charge in [0, 0.05) is 24.4 Å². The van der Waals surface area contributed by atoms with Crippen molar-refractivity contribution in [1.29, 1.82) is 0 Å². The Morgan fingerprint density at radius 3 is 2.47 bits per heavy atom. The third kappa shape index (κ3) is 5.40. The maximum Gasteiger partial charge on any atom is 0.229 e. The van der Waals surface area contributed by atoms with E-state index in [1.807, 2.05) is 43.5 Å². The molecule has 0 saturated carbocycles. The van der Waals surface area contributed by atoms with E-state index in [1.165, 1.54) is 11.3 Å². The van der Waals surface area contributed by atoms with Crippen LogP contribution in [0.4, 0.5) is 5.13 Å². The number of para-hydroxylation sites is 1. The van der Waals surface area contributed by atoms with Crippen LogP contribution in [0.2, 0.25) is 0 Å². The van der Waals surface area contributed by atoms with E-state index in [-0.39, 0.29) is 23.0 Å². The molecule has 1 amide bonds. The summed E-state index contributed by atoms with van der Waals surface area (Å²) in [6.07, 6.45) is 1.91. The van der Waals surface area contributed by atoms with Crippen LogP contribution in [0.1, 0.15) is 6.42 Å². The number of aromatic nitrogens is 1. The number of amides is 1. The molecule has 30 heavy (non-hydrogen) atoms. The number of benzene rings is 2. The van der Waals surface area contributed by atoms with Crippen LogP contribution in [0.3, 0.4) is 0 Å². The standard InChI is InChI=1S/C21H25N3O3S3/c1-23(2)13-14-24(21-22-20-17(28-3)10-7-11-18(20)29-21)19(25)12-15-30(26,27)16-8-5-4-6-9-16/h4-11H,12-15H2,1-3H3. The van der Waals surface area contributed by atoms with E-state index in [9.17, 15) is 13.2 Å². The Morgan fingerprint density at radius 1 is 1.07 bits per heavy atom. The van der Waals surface area contributed by atoms with Crippen molar-refractivity contribution in [2.75, 3.05) is 44.1 Å². The molecule has 0 unspecified atom stereocenters. The average molecular weight is 464 g/mol. The normalized spacial score (nSPS) is 11.9. The molecule has 0 radical (unpaired) electrons. The van der Waals surface area contributed by atoms with Gasteiger partial charge in [-0.25, -0.2) is 13.4 Å². The van der Waals surface area contributed by atoms with Crippen LogP contribution < -0.4 is 4.90 Å². The van der Waals surface area contributed by atoms with Crippen LogP contribution in [0.5, 0.6) is 0 Å². The number of thioether (sulfide) groups is 1. The predicted octanol–water partition coefficient (Wildman–Crippen LogP) is 3.78. The highest BCUT2D eigenvalue weighted by atomic mass is 32.2. The van der Waals surface area contributed by atoms with Gasteiger partial charge in [0.1, 0.15) is 0 Å². The summed E-state index contributed by atoms with van der Waals surface area (Å²) < 4.78 is 26.2. The Bertz CT molecular complexity index is 1110. The molecule has 0 atom stereocenters. The maximum absolute atomic E-state index is 13.1. The van der Waals surface area contributed by atoms with Gasteiger partial charge in [0.05, 0.1) is 20.9 Å². The number of fused-ring (bicyclic) bond motifs is 1. The highest BCUT2D eigenvalue weighted by Gasteiger charge is 2.23. The first kappa shape index (κ1) is 22.7. The molecule has 3 aromatic rings. The third-order valence-electron chi connectivity index (χ3n) is 4.58. The van der Waals surface area contributed by atoms with Gasteiger partial charge in [-0.1, -0.05) is 35.6 Å². The number of rotatable bonds is 9. The summed E-state index contributed by atoms with van der Waals surface area (Å²) in [6.45, 7) is 1.11. The summed E-state index contributed by atoms with van der Waals surface area (Å²) in [5.74, 6) is -0.462. The van der Waals surface area contributed by atoms with Gasteiger partial charge >= 0.3 is 0 Å². The van der Waals surface area contributed by atoms with Crippen LogP contribution in [0, 0.1) is 0 Å². The number of hydrogen-bond acceptors (Lipinski definition) is 7. The summed E-state index contributed by atoms with van der Waals surface area (Å²) in [6, 6.07) is 14.2. The molecular weight excluding hydrogens is 438 g/mol. The first-order chi connectivity index (χ1) is 14.3. The lowest BCUT2D eigenvalue weighted by Gasteiger charge is -2.22. The lowest BCUT2D eigenvalue weighted by atomic mass is 10.3.